The van der Waals surface area contributed by atoms with E-state index in [1.165, 1.54) is 4.31 Å². The highest BCUT2D eigenvalue weighted by Gasteiger charge is 2.35. The number of sulfonamides is 1. The van der Waals surface area contributed by atoms with Crippen LogP contribution in [0.25, 0.3) is 0 Å². The second-order valence-electron chi connectivity index (χ2n) is 7.23. The van der Waals surface area contributed by atoms with Gasteiger partial charge in [0.15, 0.2) is 0 Å². The molecule has 2 fully saturated rings. The number of likely N-dealkylation sites (tertiary alicyclic amines) is 1. The van der Waals surface area contributed by atoms with Gasteiger partial charge in [-0.15, -0.1) is 12.4 Å². The molecule has 1 atom stereocenters. The number of carbonyl (C=O) groups excluding carboxylic acids is 1. The summed E-state index contributed by atoms with van der Waals surface area (Å²) in [7, 11) is -3.20. The lowest BCUT2D eigenvalue weighted by atomic mass is 9.90. The minimum Gasteiger partial charge on any atom is -0.338 e. The Morgan fingerprint density at radius 3 is 2.56 bits per heavy atom. The molecule has 0 aromatic heterocycles. The largest absolute Gasteiger partial charge is 0.338 e. The van der Waals surface area contributed by atoms with Gasteiger partial charge in [0.2, 0.25) is 10.0 Å². The molecule has 8 heteroatoms. The molecule has 3 rings (SSSR count). The summed E-state index contributed by atoms with van der Waals surface area (Å²) in [5.74, 6) is 0.193. The van der Waals surface area contributed by atoms with Crippen LogP contribution in [0.2, 0.25) is 0 Å². The highest BCUT2D eigenvalue weighted by molar-refractivity contribution is 7.93. The first-order chi connectivity index (χ1) is 11.3. The second-order valence-corrected chi connectivity index (χ2v) is 9.25. The van der Waals surface area contributed by atoms with Crippen LogP contribution in [0.3, 0.4) is 0 Å². The van der Waals surface area contributed by atoms with Crippen LogP contribution in [0.5, 0.6) is 0 Å². The zero-order valence-electron chi connectivity index (χ0n) is 14.7. The Labute approximate surface area is 155 Å². The standard InChI is InChI=1S/C17H25N3O3S.ClH/c1-13-10-14(20-7-3-9-24(20,22)23)4-5-15(13)16(21)19-8-6-17(2,11-18)12-19;/h4-5,10H,3,6-9,11-12,18H2,1-2H3;1H. The maximum atomic E-state index is 12.8. The lowest BCUT2D eigenvalue weighted by molar-refractivity contribution is 0.0776. The van der Waals surface area contributed by atoms with Crippen molar-refractivity contribution >= 4 is 34.0 Å². The average Bonchev–Trinajstić information content (AvgIpc) is 3.10. The smallest absolute Gasteiger partial charge is 0.254 e. The predicted molar refractivity (Wildman–Crippen MR) is 102 cm³/mol. The van der Waals surface area contributed by atoms with Crippen molar-refractivity contribution in [1.29, 1.82) is 0 Å². The Bertz CT molecular complexity index is 768. The normalized spacial score (nSPS) is 25.1. The van der Waals surface area contributed by atoms with Gasteiger partial charge in [-0.3, -0.25) is 9.10 Å². The molecule has 2 N–H and O–H groups in total. The lowest BCUT2D eigenvalue weighted by Crippen LogP contribution is -2.34. The van der Waals surface area contributed by atoms with Crippen molar-refractivity contribution in [2.45, 2.75) is 26.7 Å². The van der Waals surface area contributed by atoms with Crippen LogP contribution in [0, 0.1) is 12.3 Å². The summed E-state index contributed by atoms with van der Waals surface area (Å²) in [6, 6.07) is 5.29. The number of amides is 1. The minimum atomic E-state index is -3.20. The van der Waals surface area contributed by atoms with E-state index in [0.29, 0.717) is 43.9 Å². The molecule has 0 saturated carbocycles. The molecule has 1 amide bonds. The van der Waals surface area contributed by atoms with Crippen molar-refractivity contribution in [2.24, 2.45) is 11.1 Å². The zero-order chi connectivity index (χ0) is 17.5. The van der Waals surface area contributed by atoms with E-state index in [1.807, 2.05) is 11.8 Å². The molecule has 1 aromatic carbocycles. The van der Waals surface area contributed by atoms with Crippen molar-refractivity contribution in [3.05, 3.63) is 29.3 Å². The quantitative estimate of drug-likeness (QED) is 0.856. The van der Waals surface area contributed by atoms with Gasteiger partial charge >= 0.3 is 0 Å². The fourth-order valence-electron chi connectivity index (χ4n) is 3.51. The van der Waals surface area contributed by atoms with Gasteiger partial charge in [0.1, 0.15) is 0 Å². The zero-order valence-corrected chi connectivity index (χ0v) is 16.3. The summed E-state index contributed by atoms with van der Waals surface area (Å²) in [6.45, 7) is 6.43. The van der Waals surface area contributed by atoms with E-state index < -0.39 is 10.0 Å². The first kappa shape index (κ1) is 20.0. The van der Waals surface area contributed by atoms with Crippen molar-refractivity contribution in [1.82, 2.24) is 4.90 Å². The molecule has 0 aliphatic carbocycles. The van der Waals surface area contributed by atoms with E-state index in [1.54, 1.807) is 18.2 Å². The van der Waals surface area contributed by atoms with Gasteiger partial charge in [0.05, 0.1) is 11.4 Å². The van der Waals surface area contributed by atoms with Gasteiger partial charge in [-0.05, 0) is 55.5 Å². The molecular weight excluding hydrogens is 362 g/mol. The molecule has 2 heterocycles. The fourth-order valence-corrected chi connectivity index (χ4v) is 5.06. The molecule has 1 unspecified atom stereocenters. The number of benzene rings is 1. The first-order valence-corrected chi connectivity index (χ1v) is 9.97. The van der Waals surface area contributed by atoms with Crippen molar-refractivity contribution in [3.63, 3.8) is 0 Å². The Hall–Kier alpha value is -1.31. The third-order valence-electron chi connectivity index (χ3n) is 5.17. The highest BCUT2D eigenvalue weighted by Crippen LogP contribution is 2.31. The van der Waals surface area contributed by atoms with Gasteiger partial charge in [0, 0.05) is 25.2 Å². The summed E-state index contributed by atoms with van der Waals surface area (Å²) < 4.78 is 25.5. The van der Waals surface area contributed by atoms with Gasteiger partial charge < -0.3 is 10.6 Å². The SMILES string of the molecule is Cc1cc(N2CCCS2(=O)=O)ccc1C(=O)N1CCC(C)(CN)C1.Cl. The fraction of sp³-hybridized carbons (Fsp3) is 0.588. The average molecular weight is 388 g/mol. The summed E-state index contributed by atoms with van der Waals surface area (Å²) in [4.78, 5) is 14.6. The summed E-state index contributed by atoms with van der Waals surface area (Å²) >= 11 is 0. The number of rotatable bonds is 3. The highest BCUT2D eigenvalue weighted by atomic mass is 35.5. The summed E-state index contributed by atoms with van der Waals surface area (Å²) in [6.07, 6.45) is 1.56. The molecule has 2 aliphatic heterocycles. The second kappa shape index (κ2) is 7.13. The molecule has 140 valence electrons. The molecule has 6 nitrogen and oxygen atoms in total. The Balaban J connectivity index is 0.00000225. The maximum absolute atomic E-state index is 12.8. The first-order valence-electron chi connectivity index (χ1n) is 8.36. The third kappa shape index (κ3) is 3.78. The molecule has 0 bridgehead atoms. The molecule has 2 aliphatic rings. The molecular formula is C17H26ClN3O3S. The van der Waals surface area contributed by atoms with E-state index in [0.717, 1.165) is 12.0 Å². The van der Waals surface area contributed by atoms with E-state index in [4.69, 9.17) is 5.73 Å². The number of nitrogens with zero attached hydrogens (tertiary/aromatic N) is 2. The van der Waals surface area contributed by atoms with Crippen molar-refractivity contribution in [3.8, 4) is 0 Å². The van der Waals surface area contributed by atoms with Gasteiger partial charge in [-0.25, -0.2) is 8.42 Å². The van der Waals surface area contributed by atoms with Crippen LogP contribution in [0.15, 0.2) is 18.2 Å². The predicted octanol–water partition coefficient (Wildman–Crippen LogP) is 1.77. The van der Waals surface area contributed by atoms with Crippen LogP contribution in [0.1, 0.15) is 35.7 Å². The minimum absolute atomic E-state index is 0. The van der Waals surface area contributed by atoms with Crippen molar-refractivity contribution < 1.29 is 13.2 Å². The van der Waals surface area contributed by atoms with Gasteiger partial charge in [-0.1, -0.05) is 6.92 Å². The molecule has 0 radical (unpaired) electrons. The van der Waals surface area contributed by atoms with Crippen LogP contribution in [-0.4, -0.2) is 51.2 Å². The van der Waals surface area contributed by atoms with E-state index in [9.17, 15) is 13.2 Å². The van der Waals surface area contributed by atoms with Crippen LogP contribution < -0.4 is 10.0 Å². The summed E-state index contributed by atoms with van der Waals surface area (Å²) in [5.41, 5.74) is 7.90. The molecule has 25 heavy (non-hydrogen) atoms. The topological polar surface area (TPSA) is 83.7 Å². The number of nitrogens with two attached hydrogens (primary N) is 1. The Morgan fingerprint density at radius 1 is 1.32 bits per heavy atom. The number of hydrogen-bond donors (Lipinski definition) is 1. The maximum Gasteiger partial charge on any atom is 0.254 e. The number of aryl methyl sites for hydroxylation is 1. The van der Waals surface area contributed by atoms with E-state index >= 15 is 0 Å². The third-order valence-corrected chi connectivity index (χ3v) is 7.04. The number of halogens is 1. The van der Waals surface area contributed by atoms with Gasteiger partial charge in [0.25, 0.3) is 5.91 Å². The Morgan fingerprint density at radius 2 is 2.04 bits per heavy atom. The number of hydrogen-bond acceptors (Lipinski definition) is 4. The molecule has 1 aromatic rings. The van der Waals surface area contributed by atoms with Crippen molar-refractivity contribution in [2.75, 3.05) is 36.2 Å². The summed E-state index contributed by atoms with van der Waals surface area (Å²) in [5, 5.41) is 0. The number of carbonyl (C=O) groups is 1. The molecule has 0 spiro atoms. The van der Waals surface area contributed by atoms with E-state index in [2.05, 4.69) is 6.92 Å². The van der Waals surface area contributed by atoms with E-state index in [-0.39, 0.29) is 29.5 Å². The lowest BCUT2D eigenvalue weighted by Gasteiger charge is -2.23. The van der Waals surface area contributed by atoms with Crippen LogP contribution in [0.4, 0.5) is 5.69 Å². The van der Waals surface area contributed by atoms with Crippen LogP contribution in [-0.2, 0) is 10.0 Å². The monoisotopic (exact) mass is 387 g/mol. The van der Waals surface area contributed by atoms with Crippen LogP contribution >= 0.6 is 12.4 Å². The molecule has 2 saturated heterocycles. The van der Waals surface area contributed by atoms with Gasteiger partial charge in [-0.2, -0.15) is 0 Å². The number of anilines is 1. The Kier molecular flexibility index (Phi) is 5.71.